The number of fused-ring (bicyclic) bond motifs is 2. The Hall–Kier alpha value is -3.56. The van der Waals surface area contributed by atoms with Gasteiger partial charge in [0.2, 0.25) is 11.8 Å². The monoisotopic (exact) mass is 641 g/mol. The largest absolute Gasteiger partial charge is 0.493 e. The van der Waals surface area contributed by atoms with Gasteiger partial charge in [-0.05, 0) is 97.4 Å². The lowest BCUT2D eigenvalue weighted by Gasteiger charge is -2.37. The average molecular weight is 642 g/mol. The molecule has 0 saturated carbocycles. The number of ether oxygens (including phenoxy) is 2. The minimum absolute atomic E-state index is 0.0282. The highest BCUT2D eigenvalue weighted by Gasteiger charge is 2.40. The van der Waals surface area contributed by atoms with Gasteiger partial charge in [0.1, 0.15) is 0 Å². The van der Waals surface area contributed by atoms with Crippen LogP contribution in [0.2, 0.25) is 0 Å². The Morgan fingerprint density at radius 3 is 2.32 bits per heavy atom. The summed E-state index contributed by atoms with van der Waals surface area (Å²) in [6.45, 7) is 12.0. The van der Waals surface area contributed by atoms with Crippen molar-refractivity contribution in [1.82, 2.24) is 25.0 Å². The molecule has 3 aromatic rings. The Kier molecular flexibility index (Phi) is 9.20. The third-order valence-corrected chi connectivity index (χ3v) is 11.3. The normalized spacial score (nSPS) is 23.9. The molecule has 9 nitrogen and oxygen atoms in total. The van der Waals surface area contributed by atoms with Gasteiger partial charge in [-0.1, -0.05) is 19.9 Å². The Morgan fingerprint density at radius 2 is 1.62 bits per heavy atom. The van der Waals surface area contributed by atoms with E-state index < -0.39 is 0 Å². The molecule has 0 aliphatic carbocycles. The molecule has 2 amide bonds. The second kappa shape index (κ2) is 13.5. The molecule has 1 aromatic heterocycles. The summed E-state index contributed by atoms with van der Waals surface area (Å²) in [5.74, 6) is 3.98. The number of aromatic nitrogens is 1. The number of nitrogens with one attached hydrogen (secondary N) is 2. The number of rotatable bonds is 8. The maximum Gasteiger partial charge on any atom is 0.236 e. The number of aromatic amines is 1. The summed E-state index contributed by atoms with van der Waals surface area (Å²) >= 11 is 0. The summed E-state index contributed by atoms with van der Waals surface area (Å²) in [6, 6.07) is 13.0. The van der Waals surface area contributed by atoms with Crippen LogP contribution in [-0.2, 0) is 9.59 Å². The van der Waals surface area contributed by atoms with E-state index >= 15 is 0 Å². The predicted molar refractivity (Wildman–Crippen MR) is 185 cm³/mol. The van der Waals surface area contributed by atoms with Crippen LogP contribution in [0.4, 0.5) is 0 Å². The molecule has 2 unspecified atom stereocenters. The second-order valence-electron chi connectivity index (χ2n) is 14.6. The van der Waals surface area contributed by atoms with E-state index in [1.807, 2.05) is 12.1 Å². The molecule has 0 spiro atoms. The number of nitrogens with zero attached hydrogens (tertiary/aromatic N) is 3. The van der Waals surface area contributed by atoms with Gasteiger partial charge in [-0.25, -0.2) is 0 Å². The van der Waals surface area contributed by atoms with Gasteiger partial charge in [-0.3, -0.25) is 14.5 Å². The molecule has 4 saturated heterocycles. The van der Waals surface area contributed by atoms with E-state index in [4.69, 9.17) is 9.47 Å². The first-order chi connectivity index (χ1) is 22.8. The lowest BCUT2D eigenvalue weighted by Crippen LogP contribution is -2.49. The van der Waals surface area contributed by atoms with E-state index in [0.717, 1.165) is 99.8 Å². The Balaban J connectivity index is 0.976. The number of benzene rings is 2. The summed E-state index contributed by atoms with van der Waals surface area (Å²) in [4.78, 5) is 36.9. The first-order valence-corrected chi connectivity index (χ1v) is 17.7. The smallest absolute Gasteiger partial charge is 0.236 e. The molecule has 5 heterocycles. The molecule has 0 bridgehead atoms. The number of H-pyrrole nitrogens is 1. The SMILES string of the molecule is COc1ccc(-c2[nH]c3ccc(C4CCN(C(=O)CN5CCC[C@H](C(=O)N6CC7CNCC7C6)C5)CC4)cc3c2C(C)C)cc1OC. The number of amides is 2. The number of hydrogen-bond donors (Lipinski definition) is 2. The van der Waals surface area contributed by atoms with E-state index in [9.17, 15) is 9.59 Å². The summed E-state index contributed by atoms with van der Waals surface area (Å²) in [5.41, 5.74) is 6.00. The fourth-order valence-corrected chi connectivity index (χ4v) is 8.75. The van der Waals surface area contributed by atoms with Gasteiger partial charge in [-0.2, -0.15) is 0 Å². The van der Waals surface area contributed by atoms with Crippen molar-refractivity contribution in [3.63, 3.8) is 0 Å². The van der Waals surface area contributed by atoms with Gasteiger partial charge >= 0.3 is 0 Å². The molecule has 4 aliphatic rings. The maximum atomic E-state index is 13.5. The minimum atomic E-state index is 0.0282. The van der Waals surface area contributed by atoms with Crippen LogP contribution in [-0.4, -0.2) is 105 Å². The van der Waals surface area contributed by atoms with Crippen LogP contribution in [0.15, 0.2) is 36.4 Å². The van der Waals surface area contributed by atoms with Gasteiger partial charge in [0.15, 0.2) is 11.5 Å². The fraction of sp³-hybridized carbons (Fsp3) is 0.579. The van der Waals surface area contributed by atoms with E-state index in [0.29, 0.717) is 42.7 Å². The molecule has 7 rings (SSSR count). The highest BCUT2D eigenvalue weighted by Crippen LogP contribution is 2.40. The molecular weight excluding hydrogens is 590 g/mol. The third-order valence-electron chi connectivity index (χ3n) is 11.3. The van der Waals surface area contributed by atoms with Gasteiger partial charge in [0.05, 0.1) is 32.4 Å². The van der Waals surface area contributed by atoms with Crippen LogP contribution in [0, 0.1) is 17.8 Å². The van der Waals surface area contributed by atoms with Crippen LogP contribution < -0.4 is 14.8 Å². The highest BCUT2D eigenvalue weighted by molar-refractivity contribution is 5.92. The zero-order valence-corrected chi connectivity index (χ0v) is 28.5. The topological polar surface area (TPSA) is 90.1 Å². The number of hydrogen-bond acceptors (Lipinski definition) is 6. The quantitative estimate of drug-likeness (QED) is 0.357. The number of likely N-dealkylation sites (tertiary alicyclic amines) is 3. The van der Waals surface area contributed by atoms with Crippen molar-refractivity contribution in [3.8, 4) is 22.8 Å². The van der Waals surface area contributed by atoms with Crippen LogP contribution >= 0.6 is 0 Å². The molecule has 2 aromatic carbocycles. The molecule has 4 aliphatic heterocycles. The predicted octanol–water partition coefficient (Wildman–Crippen LogP) is 5.07. The molecule has 2 N–H and O–H groups in total. The Bertz CT molecular complexity index is 1600. The van der Waals surface area contributed by atoms with Gasteiger partial charge in [0, 0.05) is 62.3 Å². The second-order valence-corrected chi connectivity index (χ2v) is 14.6. The van der Waals surface area contributed by atoms with E-state index in [-0.39, 0.29) is 11.8 Å². The molecule has 252 valence electrons. The molecule has 0 radical (unpaired) electrons. The lowest BCUT2D eigenvalue weighted by molar-refractivity contribution is -0.139. The fourth-order valence-electron chi connectivity index (χ4n) is 8.75. The van der Waals surface area contributed by atoms with Crippen LogP contribution in [0.3, 0.4) is 0 Å². The summed E-state index contributed by atoms with van der Waals surface area (Å²) in [6.07, 6.45) is 3.86. The van der Waals surface area contributed by atoms with Crippen molar-refractivity contribution < 1.29 is 19.1 Å². The Morgan fingerprint density at radius 1 is 0.872 bits per heavy atom. The van der Waals surface area contributed by atoms with Crippen molar-refractivity contribution in [2.24, 2.45) is 17.8 Å². The third kappa shape index (κ3) is 6.36. The van der Waals surface area contributed by atoms with Crippen molar-refractivity contribution in [1.29, 1.82) is 0 Å². The van der Waals surface area contributed by atoms with Crippen molar-refractivity contribution in [2.75, 3.05) is 73.1 Å². The lowest BCUT2D eigenvalue weighted by atomic mass is 9.87. The average Bonchev–Trinajstić information content (AvgIpc) is 3.81. The maximum absolute atomic E-state index is 13.5. The van der Waals surface area contributed by atoms with Gasteiger partial charge in [0.25, 0.3) is 0 Å². The summed E-state index contributed by atoms with van der Waals surface area (Å²) in [7, 11) is 3.33. The molecule has 3 atom stereocenters. The number of carbonyl (C=O) groups is 2. The highest BCUT2D eigenvalue weighted by atomic mass is 16.5. The molecular formula is C38H51N5O4. The standard InChI is InChI=1S/C38H51N5O4/c1-24(2)36-31-16-26(7-9-32(31)40-37(36)27-8-10-33(46-3)34(17-27)47-4)25-11-14-42(15-12-25)35(44)23-41-13-5-6-28(20-41)38(45)43-21-29-18-39-19-30(29)22-43/h7-10,16-17,24-25,28-30,39-40H,5-6,11-15,18-23H2,1-4H3/t28-,29?,30?/m0/s1. The van der Waals surface area contributed by atoms with Crippen LogP contribution in [0.25, 0.3) is 22.2 Å². The van der Waals surface area contributed by atoms with Crippen LogP contribution in [0.1, 0.15) is 62.5 Å². The van der Waals surface area contributed by atoms with E-state index in [1.54, 1.807) is 14.2 Å². The minimum Gasteiger partial charge on any atom is -0.493 e. The molecule has 9 heteroatoms. The van der Waals surface area contributed by atoms with Crippen molar-refractivity contribution >= 4 is 22.7 Å². The van der Waals surface area contributed by atoms with Crippen LogP contribution in [0.5, 0.6) is 11.5 Å². The van der Waals surface area contributed by atoms with Crippen molar-refractivity contribution in [3.05, 3.63) is 47.5 Å². The molecule has 4 fully saturated rings. The first kappa shape index (κ1) is 32.0. The number of carbonyl (C=O) groups excluding carboxylic acids is 2. The first-order valence-electron chi connectivity index (χ1n) is 17.7. The zero-order valence-electron chi connectivity index (χ0n) is 28.5. The van der Waals surface area contributed by atoms with E-state index in [1.165, 1.54) is 16.5 Å². The number of methoxy groups -OCH3 is 2. The van der Waals surface area contributed by atoms with E-state index in [2.05, 4.69) is 63.1 Å². The summed E-state index contributed by atoms with van der Waals surface area (Å²) < 4.78 is 11.1. The van der Waals surface area contributed by atoms with Crippen molar-refractivity contribution in [2.45, 2.75) is 51.4 Å². The molecule has 47 heavy (non-hydrogen) atoms. The zero-order chi connectivity index (χ0) is 32.7. The summed E-state index contributed by atoms with van der Waals surface area (Å²) in [5, 5.41) is 4.73. The van der Waals surface area contributed by atoms with Gasteiger partial charge in [-0.15, -0.1) is 0 Å². The number of piperidine rings is 2. The Labute approximate surface area is 278 Å². The van der Waals surface area contributed by atoms with Gasteiger partial charge < -0.3 is 29.6 Å².